The molecule has 0 heterocycles. The molecule has 0 aromatic heterocycles. The highest BCUT2D eigenvalue weighted by Crippen LogP contribution is 2.40. The van der Waals surface area contributed by atoms with E-state index in [-0.39, 0.29) is 12.8 Å². The fourth-order valence-corrected chi connectivity index (χ4v) is 6.86. The fourth-order valence-electron chi connectivity index (χ4n) is 6.86. The number of amides is 2. The standard InChI is InChI=1S/C39H50N2O4/c1-7-37(8-2,35(42)40-33(38(44,9-3)10-4)31-25-17-21-27-19-13-15-23-29(27)31)36(43)41-34(39(45,11-5)12-6)32-26-18-22-28-20-14-16-24-30(28)32/h13-26,33-34,44-45H,7-12H2,1-6H3,(H,40,42)(H,41,43)/t33-,34-/m0/s1. The van der Waals surface area contributed by atoms with Crippen LogP contribution in [0.15, 0.2) is 84.9 Å². The maximum Gasteiger partial charge on any atom is 0.236 e. The fraction of sp³-hybridized carbons (Fsp3) is 0.436. The number of nitrogens with one attached hydrogen (secondary N) is 2. The second-order valence-electron chi connectivity index (χ2n) is 12.4. The minimum Gasteiger partial charge on any atom is -0.387 e. The van der Waals surface area contributed by atoms with Crippen molar-refractivity contribution in [3.8, 4) is 0 Å². The Bertz CT molecular complexity index is 1490. The van der Waals surface area contributed by atoms with Gasteiger partial charge in [0, 0.05) is 0 Å². The van der Waals surface area contributed by atoms with Gasteiger partial charge in [-0.05, 0) is 71.2 Å². The first kappa shape index (κ1) is 34.1. The third-order valence-electron chi connectivity index (χ3n) is 10.4. The normalized spacial score (nSPS) is 13.9. The lowest BCUT2D eigenvalue weighted by molar-refractivity contribution is -0.148. The molecule has 6 nitrogen and oxygen atoms in total. The van der Waals surface area contributed by atoms with E-state index in [2.05, 4.69) is 10.6 Å². The zero-order valence-electron chi connectivity index (χ0n) is 27.7. The summed E-state index contributed by atoms with van der Waals surface area (Å²) in [5, 5.41) is 34.1. The lowest BCUT2D eigenvalue weighted by atomic mass is 9.76. The molecular formula is C39H50N2O4. The van der Waals surface area contributed by atoms with Gasteiger partial charge < -0.3 is 20.8 Å². The number of aliphatic hydroxyl groups is 2. The third-order valence-corrected chi connectivity index (χ3v) is 10.4. The van der Waals surface area contributed by atoms with Crippen molar-refractivity contribution in [3.63, 3.8) is 0 Å². The van der Waals surface area contributed by atoms with Gasteiger partial charge in [-0.1, -0.05) is 126 Å². The molecule has 240 valence electrons. The summed E-state index contributed by atoms with van der Waals surface area (Å²) in [6.45, 7) is 11.4. The molecule has 2 atom stereocenters. The van der Waals surface area contributed by atoms with E-state index in [1.807, 2.05) is 126 Å². The van der Waals surface area contributed by atoms with Gasteiger partial charge in [0.1, 0.15) is 5.41 Å². The number of carbonyl (C=O) groups excluding carboxylic acids is 2. The first-order valence-corrected chi connectivity index (χ1v) is 16.6. The number of hydrogen-bond donors (Lipinski definition) is 4. The van der Waals surface area contributed by atoms with E-state index in [9.17, 15) is 19.8 Å². The molecule has 0 saturated carbocycles. The van der Waals surface area contributed by atoms with Crippen LogP contribution in [-0.2, 0) is 9.59 Å². The molecule has 6 heteroatoms. The summed E-state index contributed by atoms with van der Waals surface area (Å²) in [7, 11) is 0. The molecule has 4 aromatic rings. The maximum absolute atomic E-state index is 14.5. The SMILES string of the molecule is CCC(CC)(C(=O)N[C@@H](c1cccc2ccccc12)C(O)(CC)CC)C(=O)N[C@@H](c1cccc2ccccc12)C(O)(CC)CC. The summed E-state index contributed by atoms with van der Waals surface area (Å²) in [4.78, 5) is 29.1. The van der Waals surface area contributed by atoms with Gasteiger partial charge in [0.15, 0.2) is 0 Å². The van der Waals surface area contributed by atoms with E-state index in [4.69, 9.17) is 0 Å². The summed E-state index contributed by atoms with van der Waals surface area (Å²) < 4.78 is 0. The van der Waals surface area contributed by atoms with E-state index in [1.165, 1.54) is 0 Å². The number of rotatable bonds is 14. The summed E-state index contributed by atoms with van der Waals surface area (Å²) in [6.07, 6.45) is 2.16. The molecule has 4 N–H and O–H groups in total. The van der Waals surface area contributed by atoms with Gasteiger partial charge in [0.2, 0.25) is 11.8 Å². The molecule has 0 aliphatic rings. The Morgan fingerprint density at radius 2 is 0.867 bits per heavy atom. The van der Waals surface area contributed by atoms with Crippen molar-refractivity contribution in [1.29, 1.82) is 0 Å². The molecule has 0 saturated heterocycles. The van der Waals surface area contributed by atoms with E-state index < -0.39 is 40.5 Å². The van der Waals surface area contributed by atoms with Crippen LogP contribution in [0.3, 0.4) is 0 Å². The van der Waals surface area contributed by atoms with Crippen molar-refractivity contribution in [3.05, 3.63) is 96.1 Å². The van der Waals surface area contributed by atoms with Gasteiger partial charge in [-0.3, -0.25) is 9.59 Å². The maximum atomic E-state index is 14.5. The van der Waals surface area contributed by atoms with E-state index in [0.29, 0.717) is 25.7 Å². The Balaban J connectivity index is 1.79. The van der Waals surface area contributed by atoms with Crippen LogP contribution in [0, 0.1) is 5.41 Å². The Labute approximate surface area is 268 Å². The van der Waals surface area contributed by atoms with Crippen LogP contribution in [0.4, 0.5) is 0 Å². The number of fused-ring (bicyclic) bond motifs is 2. The molecular weight excluding hydrogens is 560 g/mol. The van der Waals surface area contributed by atoms with Crippen molar-refractivity contribution in [2.24, 2.45) is 5.41 Å². The topological polar surface area (TPSA) is 98.7 Å². The minimum atomic E-state index is -1.43. The molecule has 4 aromatic carbocycles. The zero-order valence-corrected chi connectivity index (χ0v) is 27.7. The molecule has 0 radical (unpaired) electrons. The van der Waals surface area contributed by atoms with Gasteiger partial charge in [-0.2, -0.15) is 0 Å². The summed E-state index contributed by atoms with van der Waals surface area (Å²) in [5.74, 6) is -0.868. The molecule has 0 aliphatic carbocycles. The van der Waals surface area contributed by atoms with Gasteiger partial charge in [0.05, 0.1) is 23.3 Å². The average molecular weight is 611 g/mol. The predicted octanol–water partition coefficient (Wildman–Crippen LogP) is 7.92. The lowest BCUT2D eigenvalue weighted by Crippen LogP contribution is -2.57. The van der Waals surface area contributed by atoms with Crippen molar-refractivity contribution in [2.75, 3.05) is 0 Å². The van der Waals surface area contributed by atoms with Crippen LogP contribution in [0.25, 0.3) is 21.5 Å². The van der Waals surface area contributed by atoms with Gasteiger partial charge >= 0.3 is 0 Å². The first-order chi connectivity index (χ1) is 21.6. The molecule has 0 bridgehead atoms. The Kier molecular flexibility index (Phi) is 10.7. The third kappa shape index (κ3) is 6.36. The van der Waals surface area contributed by atoms with Gasteiger partial charge in [0.25, 0.3) is 0 Å². The molecule has 0 unspecified atom stereocenters. The van der Waals surface area contributed by atoms with Crippen LogP contribution < -0.4 is 10.6 Å². The lowest BCUT2D eigenvalue weighted by Gasteiger charge is -2.41. The van der Waals surface area contributed by atoms with Crippen LogP contribution >= 0.6 is 0 Å². The van der Waals surface area contributed by atoms with Crippen molar-refractivity contribution >= 4 is 33.4 Å². The quantitative estimate of drug-likeness (QED) is 0.109. The molecule has 0 aliphatic heterocycles. The summed E-state index contributed by atoms with van der Waals surface area (Å²) in [5.41, 5.74) is -2.28. The van der Waals surface area contributed by atoms with Crippen LogP contribution in [0.5, 0.6) is 0 Å². The summed E-state index contributed by atoms with van der Waals surface area (Å²) in [6, 6.07) is 26.2. The highest BCUT2D eigenvalue weighted by Gasteiger charge is 2.48. The minimum absolute atomic E-state index is 0.249. The largest absolute Gasteiger partial charge is 0.387 e. The van der Waals surface area contributed by atoms with E-state index >= 15 is 0 Å². The van der Waals surface area contributed by atoms with Gasteiger partial charge in [-0.15, -0.1) is 0 Å². The number of benzene rings is 4. The highest BCUT2D eigenvalue weighted by atomic mass is 16.3. The van der Waals surface area contributed by atoms with Gasteiger partial charge in [-0.25, -0.2) is 0 Å². The van der Waals surface area contributed by atoms with Crippen LogP contribution in [0.2, 0.25) is 0 Å². The van der Waals surface area contributed by atoms with Crippen molar-refractivity contribution in [2.45, 2.75) is 103 Å². The molecule has 0 spiro atoms. The average Bonchev–Trinajstić information content (AvgIpc) is 3.09. The monoisotopic (exact) mass is 610 g/mol. The number of carbonyl (C=O) groups is 2. The van der Waals surface area contributed by atoms with Crippen LogP contribution in [-0.4, -0.2) is 33.2 Å². The van der Waals surface area contributed by atoms with Crippen LogP contribution in [0.1, 0.15) is 103 Å². The van der Waals surface area contributed by atoms with Crippen molar-refractivity contribution in [1.82, 2.24) is 10.6 Å². The molecule has 2 amide bonds. The first-order valence-electron chi connectivity index (χ1n) is 16.6. The second-order valence-corrected chi connectivity index (χ2v) is 12.4. The zero-order chi connectivity index (χ0) is 32.8. The van der Waals surface area contributed by atoms with E-state index in [0.717, 1.165) is 32.7 Å². The molecule has 45 heavy (non-hydrogen) atoms. The Morgan fingerprint density at radius 3 is 1.20 bits per heavy atom. The Hall–Kier alpha value is -3.74. The predicted molar refractivity (Wildman–Crippen MR) is 184 cm³/mol. The number of hydrogen-bond acceptors (Lipinski definition) is 4. The van der Waals surface area contributed by atoms with E-state index in [1.54, 1.807) is 0 Å². The smallest absolute Gasteiger partial charge is 0.236 e. The summed E-state index contributed by atoms with van der Waals surface area (Å²) >= 11 is 0. The van der Waals surface area contributed by atoms with Crippen molar-refractivity contribution < 1.29 is 19.8 Å². The molecule has 4 rings (SSSR count). The molecule has 0 fully saturated rings. The second kappa shape index (κ2) is 14.1. The highest BCUT2D eigenvalue weighted by molar-refractivity contribution is 6.05. The Morgan fingerprint density at radius 1 is 0.533 bits per heavy atom.